The van der Waals surface area contributed by atoms with Crippen LogP contribution >= 0.6 is 0 Å². The minimum atomic E-state index is 0.392. The molecule has 8 nitrogen and oxygen atoms in total. The van der Waals surface area contributed by atoms with Crippen LogP contribution in [0, 0.1) is 6.92 Å². The highest BCUT2D eigenvalue weighted by atomic mass is 16.5. The number of hydrogen-bond acceptors (Lipinski definition) is 7. The molecular weight excluding hydrogens is 330 g/mol. The Morgan fingerprint density at radius 3 is 2.92 bits per heavy atom. The molecule has 3 aromatic rings. The number of aryl methyl sites for hydroxylation is 1. The van der Waals surface area contributed by atoms with Crippen LogP contribution in [0.2, 0.25) is 0 Å². The normalized spacial score (nSPS) is 18.4. The number of rotatable bonds is 4. The Hall–Kier alpha value is -2.74. The molecule has 0 amide bonds. The van der Waals surface area contributed by atoms with Crippen LogP contribution in [0.4, 0.5) is 5.82 Å². The third kappa shape index (κ3) is 3.20. The van der Waals surface area contributed by atoms with Gasteiger partial charge in [-0.3, -0.25) is 4.90 Å². The molecule has 0 aromatic carbocycles. The maximum atomic E-state index is 5.23. The molecule has 0 aliphatic carbocycles. The van der Waals surface area contributed by atoms with Gasteiger partial charge >= 0.3 is 0 Å². The number of ether oxygens (including phenoxy) is 1. The fraction of sp³-hybridized carbons (Fsp3) is 0.444. The molecule has 1 fully saturated rings. The Labute approximate surface area is 152 Å². The average molecular weight is 353 g/mol. The van der Waals surface area contributed by atoms with E-state index in [1.807, 2.05) is 29.6 Å². The lowest BCUT2D eigenvalue weighted by atomic mass is 10.1. The van der Waals surface area contributed by atoms with E-state index in [4.69, 9.17) is 4.74 Å². The van der Waals surface area contributed by atoms with Crippen molar-refractivity contribution in [2.75, 3.05) is 31.6 Å². The second-order valence-electron chi connectivity index (χ2n) is 6.66. The van der Waals surface area contributed by atoms with Gasteiger partial charge in [0.05, 0.1) is 12.8 Å². The minimum absolute atomic E-state index is 0.392. The molecule has 8 heteroatoms. The Morgan fingerprint density at radius 1 is 1.23 bits per heavy atom. The first-order chi connectivity index (χ1) is 12.6. The summed E-state index contributed by atoms with van der Waals surface area (Å²) in [7, 11) is 1.65. The molecule has 0 spiro atoms. The van der Waals surface area contributed by atoms with E-state index in [0.29, 0.717) is 17.7 Å². The summed E-state index contributed by atoms with van der Waals surface area (Å²) in [4.78, 5) is 18.0. The number of methoxy groups -OCH3 is 1. The molecule has 0 radical (unpaired) electrons. The van der Waals surface area contributed by atoms with Crippen LogP contribution in [-0.4, -0.2) is 62.3 Å². The zero-order chi connectivity index (χ0) is 18.1. The van der Waals surface area contributed by atoms with E-state index in [0.717, 1.165) is 43.4 Å². The first-order valence-electron chi connectivity index (χ1n) is 8.80. The topological polar surface area (TPSA) is 71.7 Å². The van der Waals surface area contributed by atoms with Crippen molar-refractivity contribution in [3.63, 3.8) is 0 Å². The summed E-state index contributed by atoms with van der Waals surface area (Å²) in [5, 5.41) is 4.33. The second kappa shape index (κ2) is 6.87. The van der Waals surface area contributed by atoms with Crippen LogP contribution in [0.1, 0.15) is 18.3 Å². The third-order valence-electron chi connectivity index (χ3n) is 4.81. The van der Waals surface area contributed by atoms with Crippen molar-refractivity contribution in [2.24, 2.45) is 0 Å². The molecule has 26 heavy (non-hydrogen) atoms. The summed E-state index contributed by atoms with van der Waals surface area (Å²) in [5.74, 6) is 2.36. The van der Waals surface area contributed by atoms with Gasteiger partial charge < -0.3 is 9.64 Å². The van der Waals surface area contributed by atoms with Crippen LogP contribution in [-0.2, 0) is 6.54 Å². The highest BCUT2D eigenvalue weighted by molar-refractivity contribution is 5.47. The van der Waals surface area contributed by atoms with Crippen LogP contribution in [0.25, 0.3) is 5.78 Å². The maximum Gasteiger partial charge on any atom is 0.254 e. The number of nitrogens with zero attached hydrogens (tertiary/aromatic N) is 7. The molecular formula is C18H23N7O. The molecule has 4 rings (SSSR count). The molecule has 3 aromatic heterocycles. The Balaban J connectivity index is 1.50. The second-order valence-corrected chi connectivity index (χ2v) is 6.66. The summed E-state index contributed by atoms with van der Waals surface area (Å²) in [6.07, 6.45) is 1.55. The molecule has 0 bridgehead atoms. The fourth-order valence-corrected chi connectivity index (χ4v) is 3.44. The lowest BCUT2D eigenvalue weighted by Crippen LogP contribution is -2.52. The zero-order valence-corrected chi connectivity index (χ0v) is 15.3. The summed E-state index contributed by atoms with van der Waals surface area (Å²) >= 11 is 0. The van der Waals surface area contributed by atoms with E-state index in [2.05, 4.69) is 42.8 Å². The number of aromatic nitrogens is 5. The van der Waals surface area contributed by atoms with Gasteiger partial charge in [0.2, 0.25) is 5.88 Å². The van der Waals surface area contributed by atoms with Crippen molar-refractivity contribution in [1.82, 2.24) is 29.5 Å². The van der Waals surface area contributed by atoms with Gasteiger partial charge in [0.1, 0.15) is 12.1 Å². The summed E-state index contributed by atoms with van der Waals surface area (Å²) in [6.45, 7) is 7.86. The first kappa shape index (κ1) is 16.7. The summed E-state index contributed by atoms with van der Waals surface area (Å²) < 4.78 is 7.05. The van der Waals surface area contributed by atoms with Crippen molar-refractivity contribution >= 4 is 11.6 Å². The lowest BCUT2D eigenvalue weighted by molar-refractivity contribution is 0.177. The molecule has 1 aliphatic rings. The quantitative estimate of drug-likeness (QED) is 0.704. The van der Waals surface area contributed by atoms with Crippen LogP contribution < -0.4 is 9.64 Å². The molecule has 0 N–H and O–H groups in total. The van der Waals surface area contributed by atoms with Crippen LogP contribution in [0.15, 0.2) is 30.6 Å². The summed E-state index contributed by atoms with van der Waals surface area (Å²) in [6, 6.07) is 8.38. The monoisotopic (exact) mass is 353 g/mol. The standard InChI is InChI=1S/C18H23N7O/c1-13-9-17(25-18(21-13)19-12-20-25)24-8-7-23(14(2)10-24)11-15-5-4-6-16(22-15)26-3/h4-6,9,12,14H,7-8,10-11H2,1-3H3. The van der Waals surface area contributed by atoms with Crippen LogP contribution in [0.5, 0.6) is 5.88 Å². The van der Waals surface area contributed by atoms with Crippen molar-refractivity contribution in [3.05, 3.63) is 42.0 Å². The minimum Gasteiger partial charge on any atom is -0.481 e. The molecule has 1 atom stereocenters. The largest absolute Gasteiger partial charge is 0.481 e. The highest BCUT2D eigenvalue weighted by Crippen LogP contribution is 2.21. The predicted molar refractivity (Wildman–Crippen MR) is 98.4 cm³/mol. The van der Waals surface area contributed by atoms with Gasteiger partial charge in [-0.2, -0.15) is 14.6 Å². The van der Waals surface area contributed by atoms with Gasteiger partial charge in [0.15, 0.2) is 0 Å². The number of pyridine rings is 1. The lowest BCUT2D eigenvalue weighted by Gasteiger charge is -2.40. The fourth-order valence-electron chi connectivity index (χ4n) is 3.44. The Kier molecular flexibility index (Phi) is 4.42. The van der Waals surface area contributed by atoms with Crippen molar-refractivity contribution in [1.29, 1.82) is 0 Å². The number of anilines is 1. The van der Waals surface area contributed by atoms with Gasteiger partial charge in [-0.15, -0.1) is 0 Å². The molecule has 1 aliphatic heterocycles. The summed E-state index contributed by atoms with van der Waals surface area (Å²) in [5.41, 5.74) is 1.99. The van der Waals surface area contributed by atoms with Crippen LogP contribution in [0.3, 0.4) is 0 Å². The van der Waals surface area contributed by atoms with Gasteiger partial charge in [-0.1, -0.05) is 6.07 Å². The molecule has 4 heterocycles. The third-order valence-corrected chi connectivity index (χ3v) is 4.81. The zero-order valence-electron chi connectivity index (χ0n) is 15.3. The van der Waals surface area contributed by atoms with Gasteiger partial charge in [0.25, 0.3) is 5.78 Å². The molecule has 136 valence electrons. The van der Waals surface area contributed by atoms with Crippen molar-refractivity contribution in [3.8, 4) is 5.88 Å². The SMILES string of the molecule is COc1cccc(CN2CCN(c3cc(C)nc4ncnn34)CC2C)n1. The Bertz CT molecular complexity index is 909. The maximum absolute atomic E-state index is 5.23. The Morgan fingerprint density at radius 2 is 2.12 bits per heavy atom. The van der Waals surface area contributed by atoms with Gasteiger partial charge in [0, 0.05) is 50.0 Å². The van der Waals surface area contributed by atoms with Gasteiger partial charge in [-0.05, 0) is 19.9 Å². The van der Waals surface area contributed by atoms with Gasteiger partial charge in [-0.25, -0.2) is 9.97 Å². The predicted octanol–water partition coefficient (Wildman–Crippen LogP) is 1.55. The average Bonchev–Trinajstić information content (AvgIpc) is 3.11. The van der Waals surface area contributed by atoms with E-state index in [1.54, 1.807) is 13.4 Å². The molecule has 1 unspecified atom stereocenters. The number of piperazine rings is 1. The number of fused-ring (bicyclic) bond motifs is 1. The highest BCUT2D eigenvalue weighted by Gasteiger charge is 2.26. The van der Waals surface area contributed by atoms with E-state index >= 15 is 0 Å². The first-order valence-corrected chi connectivity index (χ1v) is 8.80. The molecule has 1 saturated heterocycles. The van der Waals surface area contributed by atoms with E-state index in [1.165, 1.54) is 0 Å². The van der Waals surface area contributed by atoms with Crippen molar-refractivity contribution < 1.29 is 4.74 Å². The number of hydrogen-bond donors (Lipinski definition) is 0. The smallest absolute Gasteiger partial charge is 0.254 e. The van der Waals surface area contributed by atoms with E-state index in [-0.39, 0.29) is 0 Å². The molecule has 0 saturated carbocycles. The van der Waals surface area contributed by atoms with E-state index < -0.39 is 0 Å². The van der Waals surface area contributed by atoms with E-state index in [9.17, 15) is 0 Å². The van der Waals surface area contributed by atoms with Crippen molar-refractivity contribution in [2.45, 2.75) is 26.4 Å².